The third-order valence-corrected chi connectivity index (χ3v) is 5.62. The summed E-state index contributed by atoms with van der Waals surface area (Å²) in [5.74, 6) is 0.0153. The second-order valence-electron chi connectivity index (χ2n) is 5.53. The minimum atomic E-state index is -0.339. The standard InChI is InChI=1S/C17H13N3O2S2/c21-14(13-6-3-9-23-13)11-4-1-2-5-12(11)15(22)18-17-20-19-16(24-17)10-7-8-10/h1-6,9-10H,7-8H2,(H,18,20,22). The second kappa shape index (κ2) is 6.26. The number of benzene rings is 1. The summed E-state index contributed by atoms with van der Waals surface area (Å²) in [5.41, 5.74) is 0.739. The molecule has 24 heavy (non-hydrogen) atoms. The number of anilines is 1. The highest BCUT2D eigenvalue weighted by Crippen LogP contribution is 2.42. The van der Waals surface area contributed by atoms with E-state index < -0.39 is 0 Å². The Balaban J connectivity index is 1.58. The first-order valence-corrected chi connectivity index (χ1v) is 9.24. The number of rotatable bonds is 5. The van der Waals surface area contributed by atoms with E-state index in [1.165, 1.54) is 22.7 Å². The third kappa shape index (κ3) is 3.00. The Morgan fingerprint density at radius 1 is 1.04 bits per heavy atom. The van der Waals surface area contributed by atoms with Gasteiger partial charge in [0.05, 0.1) is 10.4 Å². The van der Waals surface area contributed by atoms with Gasteiger partial charge in [0.25, 0.3) is 5.91 Å². The summed E-state index contributed by atoms with van der Waals surface area (Å²) in [6.45, 7) is 0. The van der Waals surface area contributed by atoms with Crippen LogP contribution in [0.2, 0.25) is 0 Å². The van der Waals surface area contributed by atoms with Crippen LogP contribution in [0.15, 0.2) is 41.8 Å². The highest BCUT2D eigenvalue weighted by Gasteiger charge is 2.28. The average molecular weight is 355 g/mol. The van der Waals surface area contributed by atoms with Crippen LogP contribution in [0.4, 0.5) is 5.13 Å². The number of nitrogens with zero attached hydrogens (tertiary/aromatic N) is 2. The highest BCUT2D eigenvalue weighted by molar-refractivity contribution is 7.15. The van der Waals surface area contributed by atoms with Crippen molar-refractivity contribution in [1.82, 2.24) is 10.2 Å². The number of aromatic nitrogens is 2. The first-order chi connectivity index (χ1) is 11.7. The van der Waals surface area contributed by atoms with Crippen molar-refractivity contribution in [3.05, 3.63) is 62.8 Å². The maximum atomic E-state index is 12.6. The lowest BCUT2D eigenvalue weighted by Gasteiger charge is -2.07. The van der Waals surface area contributed by atoms with Gasteiger partial charge >= 0.3 is 0 Å². The van der Waals surface area contributed by atoms with Crippen molar-refractivity contribution in [2.75, 3.05) is 5.32 Å². The molecule has 0 atom stereocenters. The van der Waals surface area contributed by atoms with E-state index in [1.807, 2.05) is 11.4 Å². The molecule has 7 heteroatoms. The SMILES string of the molecule is O=C(Nc1nnc(C2CC2)s1)c1ccccc1C(=O)c1cccs1. The number of hydrogen-bond donors (Lipinski definition) is 1. The molecule has 0 saturated heterocycles. The smallest absolute Gasteiger partial charge is 0.258 e. The van der Waals surface area contributed by atoms with Gasteiger partial charge in [0.1, 0.15) is 5.01 Å². The number of carbonyl (C=O) groups excluding carboxylic acids is 2. The summed E-state index contributed by atoms with van der Waals surface area (Å²) in [6, 6.07) is 10.4. The molecule has 1 N–H and O–H groups in total. The van der Waals surface area contributed by atoms with Crippen LogP contribution in [0.25, 0.3) is 0 Å². The molecular weight excluding hydrogens is 342 g/mol. The van der Waals surface area contributed by atoms with Crippen LogP contribution in [-0.2, 0) is 0 Å². The molecule has 0 aliphatic heterocycles. The Hall–Kier alpha value is -2.38. The molecule has 5 nitrogen and oxygen atoms in total. The summed E-state index contributed by atoms with van der Waals surface area (Å²) in [4.78, 5) is 25.8. The van der Waals surface area contributed by atoms with Crippen molar-refractivity contribution in [1.29, 1.82) is 0 Å². The molecule has 1 aromatic carbocycles. The van der Waals surface area contributed by atoms with Gasteiger partial charge < -0.3 is 0 Å². The predicted molar refractivity (Wildman–Crippen MR) is 94.0 cm³/mol. The number of ketones is 1. The number of carbonyl (C=O) groups is 2. The third-order valence-electron chi connectivity index (χ3n) is 3.75. The summed E-state index contributed by atoms with van der Waals surface area (Å²) in [5, 5.41) is 14.2. The molecule has 2 aromatic heterocycles. The maximum Gasteiger partial charge on any atom is 0.258 e. The van der Waals surface area contributed by atoms with Crippen LogP contribution in [0.5, 0.6) is 0 Å². The number of nitrogens with one attached hydrogen (secondary N) is 1. The van der Waals surface area contributed by atoms with Gasteiger partial charge in [0.15, 0.2) is 0 Å². The first kappa shape index (κ1) is 15.2. The van der Waals surface area contributed by atoms with Gasteiger partial charge in [-0.05, 0) is 30.4 Å². The van der Waals surface area contributed by atoms with Gasteiger partial charge in [0.2, 0.25) is 10.9 Å². The van der Waals surface area contributed by atoms with E-state index in [9.17, 15) is 9.59 Å². The van der Waals surface area contributed by atoms with Crippen molar-refractivity contribution in [2.24, 2.45) is 0 Å². The summed E-state index contributed by atoms with van der Waals surface area (Å²) >= 11 is 2.76. The van der Waals surface area contributed by atoms with E-state index in [0.717, 1.165) is 17.8 Å². The van der Waals surface area contributed by atoms with Crippen LogP contribution in [0.1, 0.15) is 49.4 Å². The van der Waals surface area contributed by atoms with E-state index in [-0.39, 0.29) is 11.7 Å². The molecule has 0 unspecified atom stereocenters. The summed E-state index contributed by atoms with van der Waals surface area (Å²) in [7, 11) is 0. The number of hydrogen-bond acceptors (Lipinski definition) is 6. The Morgan fingerprint density at radius 3 is 2.54 bits per heavy atom. The fraction of sp³-hybridized carbons (Fsp3) is 0.176. The molecular formula is C17H13N3O2S2. The molecule has 2 heterocycles. The fourth-order valence-electron chi connectivity index (χ4n) is 2.36. The molecule has 1 amide bonds. The van der Waals surface area contributed by atoms with Gasteiger partial charge in [-0.3, -0.25) is 14.9 Å². The minimum absolute atomic E-state index is 0.147. The Kier molecular flexibility index (Phi) is 3.95. The molecule has 0 spiro atoms. The molecule has 4 rings (SSSR count). The molecule has 1 aliphatic carbocycles. The van der Waals surface area contributed by atoms with Crippen molar-refractivity contribution in [2.45, 2.75) is 18.8 Å². The molecule has 1 saturated carbocycles. The van der Waals surface area contributed by atoms with E-state index in [2.05, 4.69) is 15.5 Å². The van der Waals surface area contributed by atoms with Gasteiger partial charge in [-0.15, -0.1) is 21.5 Å². The molecule has 1 aliphatic rings. The normalized spacial score (nSPS) is 13.7. The predicted octanol–water partition coefficient (Wildman–Crippen LogP) is 3.96. The monoisotopic (exact) mass is 355 g/mol. The largest absolute Gasteiger partial charge is 0.296 e. The second-order valence-corrected chi connectivity index (χ2v) is 7.48. The summed E-state index contributed by atoms with van der Waals surface area (Å²) < 4.78 is 0. The molecule has 0 radical (unpaired) electrons. The molecule has 120 valence electrons. The zero-order valence-electron chi connectivity index (χ0n) is 12.6. The lowest BCUT2D eigenvalue weighted by Crippen LogP contribution is -2.16. The van der Waals surface area contributed by atoms with E-state index in [4.69, 9.17) is 0 Å². The Morgan fingerprint density at radius 2 is 1.83 bits per heavy atom. The van der Waals surface area contributed by atoms with Crippen molar-refractivity contribution >= 4 is 39.5 Å². The number of thiophene rings is 1. The van der Waals surface area contributed by atoms with Crippen molar-refractivity contribution < 1.29 is 9.59 Å². The lowest BCUT2D eigenvalue weighted by atomic mass is 10.0. The van der Waals surface area contributed by atoms with Crippen LogP contribution >= 0.6 is 22.7 Å². The van der Waals surface area contributed by atoms with Crippen LogP contribution in [0.3, 0.4) is 0 Å². The van der Waals surface area contributed by atoms with Gasteiger partial charge in [-0.2, -0.15) is 0 Å². The van der Waals surface area contributed by atoms with Gasteiger partial charge in [-0.25, -0.2) is 0 Å². The van der Waals surface area contributed by atoms with Gasteiger partial charge in [0, 0.05) is 11.5 Å². The van der Waals surface area contributed by atoms with Crippen molar-refractivity contribution in [3.63, 3.8) is 0 Å². The topological polar surface area (TPSA) is 72.0 Å². The van der Waals surface area contributed by atoms with Crippen molar-refractivity contribution in [3.8, 4) is 0 Å². The molecule has 0 bridgehead atoms. The minimum Gasteiger partial charge on any atom is -0.296 e. The molecule has 1 fully saturated rings. The van der Waals surface area contributed by atoms with E-state index in [1.54, 1.807) is 30.3 Å². The first-order valence-electron chi connectivity index (χ1n) is 7.54. The average Bonchev–Trinajstić information content (AvgIpc) is 3.11. The van der Waals surface area contributed by atoms with Crippen LogP contribution < -0.4 is 5.32 Å². The zero-order valence-corrected chi connectivity index (χ0v) is 14.2. The van der Waals surface area contributed by atoms with Crippen LogP contribution in [-0.4, -0.2) is 21.9 Å². The number of amides is 1. The van der Waals surface area contributed by atoms with Gasteiger partial charge in [-0.1, -0.05) is 35.6 Å². The van der Waals surface area contributed by atoms with E-state index in [0.29, 0.717) is 27.1 Å². The quantitative estimate of drug-likeness (QED) is 0.703. The highest BCUT2D eigenvalue weighted by atomic mass is 32.1. The maximum absolute atomic E-state index is 12.6. The Labute approximate surface area is 146 Å². The summed E-state index contributed by atoms with van der Waals surface area (Å²) in [6.07, 6.45) is 2.28. The zero-order chi connectivity index (χ0) is 16.5. The fourth-order valence-corrected chi connectivity index (χ4v) is 3.95. The lowest BCUT2D eigenvalue weighted by molar-refractivity contribution is 0.0997. The molecule has 3 aromatic rings. The Bertz CT molecular complexity index is 898. The van der Waals surface area contributed by atoms with E-state index >= 15 is 0 Å². The van der Waals surface area contributed by atoms with Crippen LogP contribution in [0, 0.1) is 0 Å².